The van der Waals surface area contributed by atoms with Crippen molar-refractivity contribution in [1.82, 2.24) is 9.80 Å². The molecule has 2 fully saturated rings. The standard InChI is InChI=1S/C17H26N2/c1-14-4-3-5-17(10-14)16-6-8-19(9-7-16)13-15-11-18(2)12-15/h3-5,10,15-16H,6-9,11-13H2,1-2H3. The number of hydrogen-bond donors (Lipinski definition) is 0. The van der Waals surface area contributed by atoms with Gasteiger partial charge in [0, 0.05) is 19.6 Å². The van der Waals surface area contributed by atoms with Gasteiger partial charge in [-0.05, 0) is 57.3 Å². The number of likely N-dealkylation sites (tertiary alicyclic amines) is 2. The third-order valence-electron chi connectivity index (χ3n) is 4.76. The van der Waals surface area contributed by atoms with Gasteiger partial charge in [-0.2, -0.15) is 0 Å². The molecule has 0 saturated carbocycles. The molecule has 0 spiro atoms. The highest BCUT2D eigenvalue weighted by Gasteiger charge is 2.27. The van der Waals surface area contributed by atoms with Crippen LogP contribution in [0.3, 0.4) is 0 Å². The van der Waals surface area contributed by atoms with Crippen LogP contribution in [0.15, 0.2) is 24.3 Å². The van der Waals surface area contributed by atoms with E-state index in [1.54, 1.807) is 5.56 Å². The van der Waals surface area contributed by atoms with E-state index in [1.165, 1.54) is 51.1 Å². The second kappa shape index (κ2) is 5.64. The summed E-state index contributed by atoms with van der Waals surface area (Å²) in [5, 5.41) is 0. The summed E-state index contributed by atoms with van der Waals surface area (Å²) < 4.78 is 0. The van der Waals surface area contributed by atoms with Crippen LogP contribution in [0, 0.1) is 12.8 Å². The maximum absolute atomic E-state index is 2.68. The largest absolute Gasteiger partial charge is 0.306 e. The van der Waals surface area contributed by atoms with Gasteiger partial charge in [0.05, 0.1) is 0 Å². The number of benzene rings is 1. The molecule has 0 unspecified atom stereocenters. The second-order valence-electron chi connectivity index (χ2n) is 6.58. The van der Waals surface area contributed by atoms with E-state index in [4.69, 9.17) is 0 Å². The minimum Gasteiger partial charge on any atom is -0.306 e. The number of rotatable bonds is 3. The zero-order valence-corrected chi connectivity index (χ0v) is 12.3. The summed E-state index contributed by atoms with van der Waals surface area (Å²) in [5.41, 5.74) is 2.96. The zero-order chi connectivity index (χ0) is 13.2. The SMILES string of the molecule is Cc1cccc(C2CCN(CC3CN(C)C3)CC2)c1. The van der Waals surface area contributed by atoms with Crippen LogP contribution in [-0.4, -0.2) is 49.6 Å². The van der Waals surface area contributed by atoms with Crippen LogP contribution < -0.4 is 0 Å². The predicted molar refractivity (Wildman–Crippen MR) is 80.6 cm³/mol. The van der Waals surface area contributed by atoms with Crippen molar-refractivity contribution < 1.29 is 0 Å². The van der Waals surface area contributed by atoms with Crippen molar-refractivity contribution in [2.24, 2.45) is 5.92 Å². The summed E-state index contributed by atoms with van der Waals surface area (Å²) in [7, 11) is 2.22. The molecule has 0 aliphatic carbocycles. The van der Waals surface area contributed by atoms with E-state index in [1.807, 2.05) is 0 Å². The Morgan fingerprint density at radius 2 is 1.89 bits per heavy atom. The molecule has 0 amide bonds. The van der Waals surface area contributed by atoms with E-state index < -0.39 is 0 Å². The fraction of sp³-hybridized carbons (Fsp3) is 0.647. The monoisotopic (exact) mass is 258 g/mol. The molecule has 19 heavy (non-hydrogen) atoms. The van der Waals surface area contributed by atoms with Crippen LogP contribution in [0.5, 0.6) is 0 Å². The first-order valence-corrected chi connectivity index (χ1v) is 7.68. The number of hydrogen-bond acceptors (Lipinski definition) is 2. The van der Waals surface area contributed by atoms with Gasteiger partial charge in [-0.1, -0.05) is 29.8 Å². The highest BCUT2D eigenvalue weighted by Crippen LogP contribution is 2.29. The summed E-state index contributed by atoms with van der Waals surface area (Å²) in [5.74, 6) is 1.72. The van der Waals surface area contributed by atoms with Gasteiger partial charge >= 0.3 is 0 Å². The van der Waals surface area contributed by atoms with Gasteiger partial charge in [0.2, 0.25) is 0 Å². The molecule has 0 N–H and O–H groups in total. The molecule has 2 heterocycles. The smallest absolute Gasteiger partial charge is 0.00342 e. The quantitative estimate of drug-likeness (QED) is 0.822. The summed E-state index contributed by atoms with van der Waals surface area (Å²) in [6.45, 7) is 8.71. The van der Waals surface area contributed by atoms with Crippen LogP contribution in [0.1, 0.15) is 29.9 Å². The van der Waals surface area contributed by atoms with Crippen molar-refractivity contribution in [3.8, 4) is 0 Å². The van der Waals surface area contributed by atoms with Gasteiger partial charge in [0.25, 0.3) is 0 Å². The van der Waals surface area contributed by atoms with Crippen LogP contribution in [-0.2, 0) is 0 Å². The van der Waals surface area contributed by atoms with Crippen molar-refractivity contribution >= 4 is 0 Å². The Hall–Kier alpha value is -0.860. The van der Waals surface area contributed by atoms with E-state index >= 15 is 0 Å². The summed E-state index contributed by atoms with van der Waals surface area (Å²) in [4.78, 5) is 5.11. The van der Waals surface area contributed by atoms with E-state index in [9.17, 15) is 0 Å². The summed E-state index contributed by atoms with van der Waals surface area (Å²) >= 11 is 0. The first-order valence-electron chi connectivity index (χ1n) is 7.68. The lowest BCUT2D eigenvalue weighted by Crippen LogP contribution is -2.50. The van der Waals surface area contributed by atoms with Crippen molar-refractivity contribution in [1.29, 1.82) is 0 Å². The summed E-state index contributed by atoms with van der Waals surface area (Å²) in [6, 6.07) is 9.10. The van der Waals surface area contributed by atoms with Crippen LogP contribution in [0.2, 0.25) is 0 Å². The molecular weight excluding hydrogens is 232 g/mol. The first-order chi connectivity index (χ1) is 9.20. The van der Waals surface area contributed by atoms with Crippen LogP contribution >= 0.6 is 0 Å². The minimum atomic E-state index is 0.792. The molecule has 2 heteroatoms. The number of nitrogens with zero attached hydrogens (tertiary/aromatic N) is 2. The highest BCUT2D eigenvalue weighted by molar-refractivity contribution is 5.25. The molecule has 2 aliphatic rings. The third-order valence-corrected chi connectivity index (χ3v) is 4.76. The Bertz CT molecular complexity index is 415. The lowest BCUT2D eigenvalue weighted by atomic mass is 9.88. The molecule has 0 bridgehead atoms. The van der Waals surface area contributed by atoms with Crippen molar-refractivity contribution in [3.63, 3.8) is 0 Å². The van der Waals surface area contributed by atoms with Crippen LogP contribution in [0.25, 0.3) is 0 Å². The molecule has 2 nitrogen and oxygen atoms in total. The molecule has 2 saturated heterocycles. The van der Waals surface area contributed by atoms with Crippen molar-refractivity contribution in [2.75, 3.05) is 39.8 Å². The minimum absolute atomic E-state index is 0.792. The van der Waals surface area contributed by atoms with Crippen LogP contribution in [0.4, 0.5) is 0 Å². The lowest BCUT2D eigenvalue weighted by molar-refractivity contribution is 0.0798. The Balaban J connectivity index is 1.49. The Kier molecular flexibility index (Phi) is 3.90. The Morgan fingerprint density at radius 3 is 2.53 bits per heavy atom. The molecule has 0 aromatic heterocycles. The van der Waals surface area contributed by atoms with Crippen molar-refractivity contribution in [2.45, 2.75) is 25.7 Å². The normalized spacial score (nSPS) is 23.5. The average Bonchev–Trinajstić information content (AvgIpc) is 2.38. The molecule has 0 radical (unpaired) electrons. The molecule has 1 aromatic rings. The maximum Gasteiger partial charge on any atom is 0.00342 e. The fourth-order valence-electron chi connectivity index (χ4n) is 3.68. The maximum atomic E-state index is 2.68. The molecule has 2 aliphatic heterocycles. The van der Waals surface area contributed by atoms with Gasteiger partial charge in [-0.25, -0.2) is 0 Å². The Morgan fingerprint density at radius 1 is 1.16 bits per heavy atom. The summed E-state index contributed by atoms with van der Waals surface area (Å²) in [6.07, 6.45) is 2.68. The molecule has 1 aromatic carbocycles. The predicted octanol–water partition coefficient (Wildman–Crippen LogP) is 2.74. The number of aryl methyl sites for hydroxylation is 1. The molecule has 0 atom stereocenters. The van der Waals surface area contributed by atoms with Gasteiger partial charge in [0.1, 0.15) is 0 Å². The van der Waals surface area contributed by atoms with E-state index in [0.29, 0.717) is 0 Å². The van der Waals surface area contributed by atoms with Crippen molar-refractivity contribution in [3.05, 3.63) is 35.4 Å². The van der Waals surface area contributed by atoms with E-state index in [0.717, 1.165) is 11.8 Å². The average molecular weight is 258 g/mol. The zero-order valence-electron chi connectivity index (χ0n) is 12.3. The topological polar surface area (TPSA) is 6.48 Å². The molecule has 104 valence electrons. The fourth-order valence-corrected chi connectivity index (χ4v) is 3.68. The van der Waals surface area contributed by atoms with Gasteiger partial charge in [-0.3, -0.25) is 0 Å². The van der Waals surface area contributed by atoms with Gasteiger partial charge in [-0.15, -0.1) is 0 Å². The van der Waals surface area contributed by atoms with E-state index in [2.05, 4.69) is 48.0 Å². The third kappa shape index (κ3) is 3.18. The molecular formula is C17H26N2. The Labute approximate surface area is 117 Å². The van der Waals surface area contributed by atoms with Gasteiger partial charge < -0.3 is 9.80 Å². The first kappa shape index (κ1) is 13.1. The highest BCUT2D eigenvalue weighted by atomic mass is 15.2. The van der Waals surface area contributed by atoms with E-state index in [-0.39, 0.29) is 0 Å². The second-order valence-corrected chi connectivity index (χ2v) is 6.58. The lowest BCUT2D eigenvalue weighted by Gasteiger charge is -2.41. The number of piperidine rings is 1. The molecule has 3 rings (SSSR count). The van der Waals surface area contributed by atoms with Gasteiger partial charge in [0.15, 0.2) is 0 Å².